The van der Waals surface area contributed by atoms with Crippen LogP contribution in [0.3, 0.4) is 0 Å². The predicted molar refractivity (Wildman–Crippen MR) is 81.9 cm³/mol. The molecule has 1 fully saturated rings. The van der Waals surface area contributed by atoms with Gasteiger partial charge in [0.15, 0.2) is 0 Å². The molecule has 1 saturated heterocycles. The molecule has 1 aliphatic heterocycles. The van der Waals surface area contributed by atoms with Crippen LogP contribution in [0, 0.1) is 5.41 Å². The summed E-state index contributed by atoms with van der Waals surface area (Å²) in [6, 6.07) is 0. The molecule has 0 bridgehead atoms. The number of aliphatic hydroxyl groups is 1. The molecule has 0 amide bonds. The molecule has 0 atom stereocenters. The van der Waals surface area contributed by atoms with Crippen molar-refractivity contribution in [3.8, 4) is 0 Å². The van der Waals surface area contributed by atoms with Gasteiger partial charge in [-0.25, -0.2) is 0 Å². The first-order valence-electron chi connectivity index (χ1n) is 7.58. The van der Waals surface area contributed by atoms with Crippen molar-refractivity contribution in [2.45, 2.75) is 46.1 Å². The van der Waals surface area contributed by atoms with Crippen molar-refractivity contribution < 1.29 is 5.11 Å². The number of hydrogen-bond donors (Lipinski definition) is 1. The van der Waals surface area contributed by atoms with Gasteiger partial charge >= 0.3 is 0 Å². The van der Waals surface area contributed by atoms with E-state index in [0.29, 0.717) is 6.61 Å². The molecule has 114 valence electrons. The summed E-state index contributed by atoms with van der Waals surface area (Å²) in [5.74, 6) is 0. The van der Waals surface area contributed by atoms with E-state index in [-0.39, 0.29) is 5.41 Å². The third-order valence-electron chi connectivity index (χ3n) is 4.87. The van der Waals surface area contributed by atoms with Gasteiger partial charge in [-0.15, -0.1) is 0 Å². The maximum atomic E-state index is 9.59. The predicted octanol–water partition coefficient (Wildman–Crippen LogP) is 2.62. The molecule has 0 aliphatic carbocycles. The molecule has 1 aromatic rings. The van der Waals surface area contributed by atoms with Gasteiger partial charge in [-0.05, 0) is 44.2 Å². The Morgan fingerprint density at radius 2 is 1.95 bits per heavy atom. The summed E-state index contributed by atoms with van der Waals surface area (Å²) in [6.45, 7) is 7.54. The monoisotopic (exact) mass is 299 g/mol. The molecule has 0 aromatic carbocycles. The fourth-order valence-corrected chi connectivity index (χ4v) is 3.28. The van der Waals surface area contributed by atoms with Crippen LogP contribution in [0.1, 0.15) is 44.4 Å². The molecule has 0 unspecified atom stereocenters. The highest BCUT2D eigenvalue weighted by Crippen LogP contribution is 2.35. The molecule has 5 heteroatoms. The lowest BCUT2D eigenvalue weighted by atomic mass is 9.77. The molecule has 4 nitrogen and oxygen atoms in total. The van der Waals surface area contributed by atoms with Gasteiger partial charge in [0.1, 0.15) is 5.15 Å². The number of rotatable bonds is 5. The second-order valence-corrected chi connectivity index (χ2v) is 6.34. The van der Waals surface area contributed by atoms with Crippen LogP contribution in [-0.4, -0.2) is 39.5 Å². The van der Waals surface area contributed by atoms with Gasteiger partial charge in [0.05, 0.1) is 5.69 Å². The number of likely N-dealkylation sites (tertiary alicyclic amines) is 1. The van der Waals surface area contributed by atoms with Crippen LogP contribution in [0.2, 0.25) is 5.15 Å². The fraction of sp³-hybridized carbons (Fsp3) is 0.800. The van der Waals surface area contributed by atoms with Crippen LogP contribution >= 0.6 is 11.6 Å². The van der Waals surface area contributed by atoms with Gasteiger partial charge in [-0.2, -0.15) is 5.10 Å². The van der Waals surface area contributed by atoms with E-state index in [1.54, 1.807) is 4.68 Å². The van der Waals surface area contributed by atoms with E-state index in [0.717, 1.165) is 56.2 Å². The molecule has 0 radical (unpaired) electrons. The maximum absolute atomic E-state index is 9.59. The fourth-order valence-electron chi connectivity index (χ4n) is 3.07. The Labute approximate surface area is 126 Å². The number of piperidine rings is 1. The smallest absolute Gasteiger partial charge is 0.131 e. The summed E-state index contributed by atoms with van der Waals surface area (Å²) >= 11 is 6.36. The minimum absolute atomic E-state index is 0.142. The Bertz CT molecular complexity index is 444. The molecule has 2 heterocycles. The van der Waals surface area contributed by atoms with Crippen LogP contribution in [0.25, 0.3) is 0 Å². The Hall–Kier alpha value is -0.580. The van der Waals surface area contributed by atoms with Gasteiger partial charge in [0, 0.05) is 25.8 Å². The van der Waals surface area contributed by atoms with Crippen LogP contribution in [0.15, 0.2) is 0 Å². The third kappa shape index (κ3) is 3.02. The van der Waals surface area contributed by atoms with Crippen LogP contribution in [0.4, 0.5) is 0 Å². The summed E-state index contributed by atoms with van der Waals surface area (Å²) in [6.07, 6.45) is 4.11. The zero-order valence-corrected chi connectivity index (χ0v) is 13.6. The van der Waals surface area contributed by atoms with E-state index >= 15 is 0 Å². The van der Waals surface area contributed by atoms with Gasteiger partial charge in [-0.3, -0.25) is 9.58 Å². The highest BCUT2D eigenvalue weighted by Gasteiger charge is 2.32. The zero-order chi connectivity index (χ0) is 14.8. The summed E-state index contributed by atoms with van der Waals surface area (Å²) in [4.78, 5) is 2.44. The van der Waals surface area contributed by atoms with E-state index in [1.165, 1.54) is 5.56 Å². The Balaban J connectivity index is 2.03. The molecule has 0 saturated carbocycles. The van der Waals surface area contributed by atoms with Crippen molar-refractivity contribution in [2.75, 3.05) is 19.7 Å². The lowest BCUT2D eigenvalue weighted by Crippen LogP contribution is -2.41. The van der Waals surface area contributed by atoms with Crippen molar-refractivity contribution >= 4 is 11.6 Å². The van der Waals surface area contributed by atoms with Crippen molar-refractivity contribution in [3.05, 3.63) is 16.4 Å². The molecule has 1 N–H and O–H groups in total. The maximum Gasteiger partial charge on any atom is 0.131 e. The average Bonchev–Trinajstić information content (AvgIpc) is 2.76. The Morgan fingerprint density at radius 1 is 1.30 bits per heavy atom. The average molecular weight is 300 g/mol. The van der Waals surface area contributed by atoms with Gasteiger partial charge in [-0.1, -0.05) is 25.4 Å². The highest BCUT2D eigenvalue weighted by molar-refractivity contribution is 6.30. The Morgan fingerprint density at radius 3 is 2.45 bits per heavy atom. The first-order chi connectivity index (χ1) is 9.55. The molecule has 0 spiro atoms. The number of hydrogen-bond acceptors (Lipinski definition) is 3. The molecular weight excluding hydrogens is 274 g/mol. The minimum Gasteiger partial charge on any atom is -0.396 e. The number of aromatic nitrogens is 2. The van der Waals surface area contributed by atoms with E-state index in [9.17, 15) is 5.11 Å². The molecule has 2 rings (SSSR count). The SMILES string of the molecule is CCc1nn(C)c(Cl)c1CN1CCC(CC)(CO)CC1. The number of nitrogens with zero attached hydrogens (tertiary/aromatic N) is 3. The van der Waals surface area contributed by atoms with Crippen LogP contribution in [-0.2, 0) is 20.0 Å². The summed E-state index contributed by atoms with van der Waals surface area (Å²) in [7, 11) is 1.90. The van der Waals surface area contributed by atoms with E-state index in [1.807, 2.05) is 7.05 Å². The Kier molecular flexibility index (Phi) is 5.10. The molecule has 20 heavy (non-hydrogen) atoms. The van der Waals surface area contributed by atoms with Crippen molar-refractivity contribution in [1.82, 2.24) is 14.7 Å². The van der Waals surface area contributed by atoms with Gasteiger partial charge in [0.2, 0.25) is 0 Å². The molecule has 1 aromatic heterocycles. The number of halogens is 1. The van der Waals surface area contributed by atoms with Crippen LogP contribution < -0.4 is 0 Å². The van der Waals surface area contributed by atoms with Crippen molar-refractivity contribution in [1.29, 1.82) is 0 Å². The van der Waals surface area contributed by atoms with Crippen molar-refractivity contribution in [2.24, 2.45) is 12.5 Å². The first kappa shape index (κ1) is 15.8. The summed E-state index contributed by atoms with van der Waals surface area (Å²) in [5, 5.41) is 14.8. The second kappa shape index (κ2) is 6.46. The first-order valence-corrected chi connectivity index (χ1v) is 7.96. The topological polar surface area (TPSA) is 41.3 Å². The quantitative estimate of drug-likeness (QED) is 0.909. The highest BCUT2D eigenvalue weighted by atomic mass is 35.5. The summed E-state index contributed by atoms with van der Waals surface area (Å²) < 4.78 is 1.77. The summed E-state index contributed by atoms with van der Waals surface area (Å²) in [5.41, 5.74) is 2.42. The van der Waals surface area contributed by atoms with E-state index in [2.05, 4.69) is 23.8 Å². The lowest BCUT2D eigenvalue weighted by molar-refractivity contribution is 0.0382. The normalized spacial score (nSPS) is 19.4. The second-order valence-electron chi connectivity index (χ2n) is 5.98. The third-order valence-corrected chi connectivity index (χ3v) is 5.34. The molecular formula is C15H26ClN3O. The standard InChI is InChI=1S/C15H26ClN3O/c1-4-13-12(14(16)18(3)17-13)10-19-8-6-15(5-2,11-20)7-9-19/h20H,4-11H2,1-3H3. The lowest BCUT2D eigenvalue weighted by Gasteiger charge is -2.40. The molecule has 1 aliphatic rings. The van der Waals surface area contributed by atoms with Gasteiger partial charge < -0.3 is 5.11 Å². The van der Waals surface area contributed by atoms with Crippen molar-refractivity contribution in [3.63, 3.8) is 0 Å². The van der Waals surface area contributed by atoms with E-state index < -0.39 is 0 Å². The van der Waals surface area contributed by atoms with Crippen LogP contribution in [0.5, 0.6) is 0 Å². The number of aliphatic hydroxyl groups excluding tert-OH is 1. The zero-order valence-electron chi connectivity index (χ0n) is 12.8. The number of aryl methyl sites for hydroxylation is 2. The van der Waals surface area contributed by atoms with Gasteiger partial charge in [0.25, 0.3) is 0 Å². The minimum atomic E-state index is 0.142. The van der Waals surface area contributed by atoms with E-state index in [4.69, 9.17) is 11.6 Å². The largest absolute Gasteiger partial charge is 0.396 e.